The Balaban J connectivity index is 2.16. The first-order valence-electron chi connectivity index (χ1n) is 5.54. The van der Waals surface area contributed by atoms with Crippen molar-refractivity contribution in [3.63, 3.8) is 0 Å². The van der Waals surface area contributed by atoms with Gasteiger partial charge >= 0.3 is 0 Å². The highest BCUT2D eigenvalue weighted by Crippen LogP contribution is 2.32. The van der Waals surface area contributed by atoms with Crippen LogP contribution in [0.25, 0.3) is 0 Å². The quantitative estimate of drug-likeness (QED) is 0.811. The fraction of sp³-hybridized carbons (Fsp3) is 0.182. The summed E-state index contributed by atoms with van der Waals surface area (Å²) in [5.41, 5.74) is 0.367. The molecule has 20 heavy (non-hydrogen) atoms. The number of amides is 1. The second-order valence-corrected chi connectivity index (χ2v) is 5.84. The second kappa shape index (κ2) is 6.58. The van der Waals surface area contributed by atoms with E-state index in [1.54, 1.807) is 0 Å². The van der Waals surface area contributed by atoms with E-state index in [0.29, 0.717) is 32.4 Å². The molecule has 2 rings (SSSR count). The van der Waals surface area contributed by atoms with Crippen molar-refractivity contribution in [3.8, 4) is 0 Å². The topological polar surface area (TPSA) is 66.9 Å². The van der Waals surface area contributed by atoms with Crippen molar-refractivity contribution in [2.45, 2.75) is 6.92 Å². The number of anilines is 2. The zero-order chi connectivity index (χ0) is 14.7. The molecule has 1 amide bonds. The van der Waals surface area contributed by atoms with E-state index in [-0.39, 0.29) is 5.01 Å². The van der Waals surface area contributed by atoms with Crippen LogP contribution in [-0.2, 0) is 0 Å². The normalized spacial score (nSPS) is 10.4. The number of carbonyl (C=O) groups is 1. The number of carbonyl (C=O) groups excluding carboxylic acids is 1. The summed E-state index contributed by atoms with van der Waals surface area (Å²) in [4.78, 5) is 12.0. The molecule has 0 aliphatic heterocycles. The zero-order valence-electron chi connectivity index (χ0n) is 10.2. The minimum absolute atomic E-state index is 0.225. The van der Waals surface area contributed by atoms with Crippen molar-refractivity contribution in [2.75, 3.05) is 17.2 Å². The Hall–Kier alpha value is -1.08. The molecule has 2 N–H and O–H groups in total. The Labute approximate surface area is 134 Å². The van der Waals surface area contributed by atoms with Crippen molar-refractivity contribution in [1.82, 2.24) is 10.2 Å². The minimum atomic E-state index is -0.410. The first-order chi connectivity index (χ1) is 9.51. The molecule has 9 heteroatoms. The lowest BCUT2D eigenvalue weighted by molar-refractivity contribution is 0.102. The molecule has 0 fully saturated rings. The van der Waals surface area contributed by atoms with E-state index >= 15 is 0 Å². The largest absolute Gasteiger partial charge is 0.360 e. The van der Waals surface area contributed by atoms with Gasteiger partial charge in [-0.15, -0.1) is 10.2 Å². The van der Waals surface area contributed by atoms with Crippen LogP contribution in [0.4, 0.5) is 10.8 Å². The molecule has 0 aliphatic rings. The lowest BCUT2D eigenvalue weighted by Gasteiger charge is -2.06. The van der Waals surface area contributed by atoms with Gasteiger partial charge in [-0.2, -0.15) is 0 Å². The van der Waals surface area contributed by atoms with Crippen molar-refractivity contribution in [1.29, 1.82) is 0 Å². The third-order valence-corrected chi connectivity index (χ3v) is 4.12. The summed E-state index contributed by atoms with van der Waals surface area (Å²) >= 11 is 18.8. The first kappa shape index (κ1) is 15.3. The van der Waals surface area contributed by atoms with Crippen molar-refractivity contribution in [2.24, 2.45) is 0 Å². The van der Waals surface area contributed by atoms with Gasteiger partial charge in [0.25, 0.3) is 5.91 Å². The van der Waals surface area contributed by atoms with Crippen LogP contribution >= 0.6 is 46.1 Å². The monoisotopic (exact) mass is 350 g/mol. The summed E-state index contributed by atoms with van der Waals surface area (Å²) in [6.07, 6.45) is 0. The lowest BCUT2D eigenvalue weighted by Crippen LogP contribution is -2.12. The SMILES string of the molecule is CCNc1nnc(C(=O)Nc2cc(Cl)c(Cl)cc2Cl)s1. The second-order valence-electron chi connectivity index (χ2n) is 3.64. The molecule has 2 aromatic rings. The molecule has 1 aromatic heterocycles. The van der Waals surface area contributed by atoms with E-state index < -0.39 is 5.91 Å². The van der Waals surface area contributed by atoms with Gasteiger partial charge in [0, 0.05) is 6.54 Å². The maximum absolute atomic E-state index is 12.0. The summed E-state index contributed by atoms with van der Waals surface area (Å²) in [5, 5.41) is 14.9. The van der Waals surface area contributed by atoms with Gasteiger partial charge in [0.05, 0.1) is 20.8 Å². The van der Waals surface area contributed by atoms with E-state index in [1.165, 1.54) is 12.1 Å². The third kappa shape index (κ3) is 3.52. The van der Waals surface area contributed by atoms with Gasteiger partial charge in [-0.1, -0.05) is 46.1 Å². The Kier molecular flexibility index (Phi) is 5.04. The molecular formula is C11H9Cl3N4OS. The van der Waals surface area contributed by atoms with Crippen LogP contribution in [0.1, 0.15) is 16.7 Å². The van der Waals surface area contributed by atoms with Crippen LogP contribution in [0, 0.1) is 0 Å². The van der Waals surface area contributed by atoms with Crippen LogP contribution in [0.3, 0.4) is 0 Å². The molecule has 1 aromatic carbocycles. The summed E-state index contributed by atoms with van der Waals surface area (Å²) in [6, 6.07) is 2.95. The van der Waals surface area contributed by atoms with E-state index in [2.05, 4.69) is 20.8 Å². The smallest absolute Gasteiger partial charge is 0.286 e. The number of nitrogens with one attached hydrogen (secondary N) is 2. The minimum Gasteiger partial charge on any atom is -0.360 e. The first-order valence-corrected chi connectivity index (χ1v) is 7.49. The standard InChI is InChI=1S/C11H9Cl3N4OS/c1-2-15-11-18-17-10(20-11)9(19)16-8-4-6(13)5(12)3-7(8)14/h3-4H,2H2,1H3,(H,15,18)(H,16,19). The highest BCUT2D eigenvalue weighted by Gasteiger charge is 2.15. The Bertz CT molecular complexity index is 647. The molecule has 1 heterocycles. The average Bonchev–Trinajstić information content (AvgIpc) is 2.85. The highest BCUT2D eigenvalue weighted by atomic mass is 35.5. The molecule has 0 spiro atoms. The molecule has 0 aliphatic carbocycles. The molecule has 0 bridgehead atoms. The Morgan fingerprint density at radius 3 is 2.60 bits per heavy atom. The summed E-state index contributed by atoms with van der Waals surface area (Å²) in [6.45, 7) is 2.63. The van der Waals surface area contributed by atoms with Crippen molar-refractivity contribution >= 4 is 62.9 Å². The van der Waals surface area contributed by atoms with Gasteiger partial charge in [-0.25, -0.2) is 0 Å². The van der Waals surface area contributed by atoms with E-state index in [4.69, 9.17) is 34.8 Å². The third-order valence-electron chi connectivity index (χ3n) is 2.21. The number of nitrogens with zero attached hydrogens (tertiary/aromatic N) is 2. The maximum atomic E-state index is 12.0. The molecule has 0 saturated heterocycles. The average molecular weight is 352 g/mol. The predicted molar refractivity (Wildman–Crippen MR) is 83.5 cm³/mol. The van der Waals surface area contributed by atoms with Crippen LogP contribution in [-0.4, -0.2) is 22.6 Å². The molecule has 106 valence electrons. The van der Waals surface area contributed by atoms with Gasteiger partial charge in [0.15, 0.2) is 0 Å². The zero-order valence-corrected chi connectivity index (χ0v) is 13.3. The van der Waals surface area contributed by atoms with E-state index in [0.717, 1.165) is 11.3 Å². The number of rotatable bonds is 4. The summed E-state index contributed by atoms with van der Waals surface area (Å²) < 4.78 is 0. The Morgan fingerprint density at radius 2 is 1.90 bits per heavy atom. The summed E-state index contributed by atoms with van der Waals surface area (Å²) in [5.74, 6) is -0.410. The van der Waals surface area contributed by atoms with E-state index in [1.807, 2.05) is 6.92 Å². The van der Waals surface area contributed by atoms with Crippen LogP contribution in [0.2, 0.25) is 15.1 Å². The van der Waals surface area contributed by atoms with Crippen LogP contribution in [0.5, 0.6) is 0 Å². The van der Waals surface area contributed by atoms with Gasteiger partial charge in [0.2, 0.25) is 10.1 Å². The molecular weight excluding hydrogens is 343 g/mol. The maximum Gasteiger partial charge on any atom is 0.286 e. The van der Waals surface area contributed by atoms with Crippen molar-refractivity contribution < 1.29 is 4.79 Å². The number of hydrogen-bond acceptors (Lipinski definition) is 5. The van der Waals surface area contributed by atoms with Crippen LogP contribution < -0.4 is 10.6 Å². The van der Waals surface area contributed by atoms with Crippen molar-refractivity contribution in [3.05, 3.63) is 32.2 Å². The molecule has 0 saturated carbocycles. The highest BCUT2D eigenvalue weighted by molar-refractivity contribution is 7.17. The number of benzene rings is 1. The molecule has 0 atom stereocenters. The number of halogens is 3. The molecule has 0 unspecified atom stereocenters. The summed E-state index contributed by atoms with van der Waals surface area (Å²) in [7, 11) is 0. The predicted octanol–water partition coefficient (Wildman–Crippen LogP) is 4.18. The Morgan fingerprint density at radius 1 is 1.20 bits per heavy atom. The fourth-order valence-electron chi connectivity index (χ4n) is 1.33. The van der Waals surface area contributed by atoms with Gasteiger partial charge in [0.1, 0.15) is 0 Å². The number of hydrogen-bond donors (Lipinski definition) is 2. The fourth-order valence-corrected chi connectivity index (χ4v) is 2.63. The van der Waals surface area contributed by atoms with E-state index in [9.17, 15) is 4.79 Å². The van der Waals surface area contributed by atoms with Gasteiger partial charge in [-0.05, 0) is 19.1 Å². The van der Waals surface area contributed by atoms with Gasteiger partial charge in [-0.3, -0.25) is 4.79 Å². The molecule has 5 nitrogen and oxygen atoms in total. The lowest BCUT2D eigenvalue weighted by atomic mass is 10.3. The molecule has 0 radical (unpaired) electrons. The number of aromatic nitrogens is 2. The van der Waals surface area contributed by atoms with Crippen LogP contribution in [0.15, 0.2) is 12.1 Å². The van der Waals surface area contributed by atoms with Gasteiger partial charge < -0.3 is 10.6 Å².